The van der Waals surface area contributed by atoms with Gasteiger partial charge in [0.1, 0.15) is 0 Å². The molecule has 1 unspecified atom stereocenters. The summed E-state index contributed by atoms with van der Waals surface area (Å²) in [5.74, 6) is -0.962. The van der Waals surface area contributed by atoms with Gasteiger partial charge in [0, 0.05) is 12.6 Å². The van der Waals surface area contributed by atoms with Crippen molar-refractivity contribution in [2.75, 3.05) is 13.2 Å². The number of rotatable bonds is 5. The molecule has 0 saturated heterocycles. The Morgan fingerprint density at radius 2 is 2.33 bits per heavy atom. The van der Waals surface area contributed by atoms with Crippen LogP contribution < -0.4 is 5.32 Å². The molecule has 12 heavy (non-hydrogen) atoms. The maximum absolute atomic E-state index is 10.0. The largest absolute Gasteiger partial charge is 0.478 e. The van der Waals surface area contributed by atoms with E-state index < -0.39 is 5.97 Å². The van der Waals surface area contributed by atoms with E-state index in [0.717, 1.165) is 6.08 Å². The van der Waals surface area contributed by atoms with Gasteiger partial charge in [-0.15, -0.1) is 0 Å². The second-order valence-corrected chi connectivity index (χ2v) is 4.86. The average molecular weight is 285 g/mol. The zero-order valence-corrected chi connectivity index (χ0v) is 8.91. The van der Waals surface area contributed by atoms with Crippen molar-refractivity contribution in [1.82, 2.24) is 5.32 Å². The molecule has 0 radical (unpaired) electrons. The number of hydrogen-bond donors (Lipinski definition) is 3. The van der Waals surface area contributed by atoms with Gasteiger partial charge >= 0.3 is 5.97 Å². The smallest absolute Gasteiger partial charge is 0.328 e. The van der Waals surface area contributed by atoms with Gasteiger partial charge in [0.2, 0.25) is 0 Å². The van der Waals surface area contributed by atoms with Gasteiger partial charge in [-0.05, 0) is 6.92 Å². The minimum atomic E-state index is -0.962. The first-order chi connectivity index (χ1) is 5.48. The van der Waals surface area contributed by atoms with Gasteiger partial charge in [-0.1, -0.05) is 28.7 Å². The Hall–Kier alpha value is -0.140. The second-order valence-electron chi connectivity index (χ2n) is 2.48. The molecule has 0 saturated carbocycles. The van der Waals surface area contributed by atoms with Crippen LogP contribution in [-0.4, -0.2) is 32.9 Å². The SMILES string of the molecule is CC(I)(CO)NC/C=C/C(=O)O. The summed E-state index contributed by atoms with van der Waals surface area (Å²) in [7, 11) is 0. The van der Waals surface area contributed by atoms with E-state index in [0.29, 0.717) is 6.54 Å². The molecule has 5 heteroatoms. The highest BCUT2D eigenvalue weighted by molar-refractivity contribution is 14.1. The third-order valence-electron chi connectivity index (χ3n) is 1.15. The lowest BCUT2D eigenvalue weighted by molar-refractivity contribution is -0.131. The predicted molar refractivity (Wildman–Crippen MR) is 54.3 cm³/mol. The maximum Gasteiger partial charge on any atom is 0.328 e. The number of alkyl halides is 1. The highest BCUT2D eigenvalue weighted by Crippen LogP contribution is 2.11. The van der Waals surface area contributed by atoms with Crippen molar-refractivity contribution in [3.05, 3.63) is 12.2 Å². The first-order valence-electron chi connectivity index (χ1n) is 3.42. The summed E-state index contributed by atoms with van der Waals surface area (Å²) in [6.07, 6.45) is 2.56. The molecule has 0 aliphatic heterocycles. The molecule has 0 amide bonds. The van der Waals surface area contributed by atoms with Crippen LogP contribution in [-0.2, 0) is 4.79 Å². The minimum absolute atomic E-state index is 0.00840. The van der Waals surface area contributed by atoms with E-state index in [9.17, 15) is 4.79 Å². The Bertz CT molecular complexity index is 179. The topological polar surface area (TPSA) is 69.6 Å². The van der Waals surface area contributed by atoms with Crippen LogP contribution in [0.25, 0.3) is 0 Å². The van der Waals surface area contributed by atoms with E-state index in [1.807, 2.05) is 6.92 Å². The van der Waals surface area contributed by atoms with Crippen LogP contribution in [0.2, 0.25) is 0 Å². The highest BCUT2D eigenvalue weighted by atomic mass is 127. The first-order valence-corrected chi connectivity index (χ1v) is 4.50. The summed E-state index contributed by atoms with van der Waals surface area (Å²) in [5, 5.41) is 20.0. The molecule has 3 N–H and O–H groups in total. The lowest BCUT2D eigenvalue weighted by Crippen LogP contribution is -2.39. The molecule has 0 aliphatic carbocycles. The third kappa shape index (κ3) is 6.56. The van der Waals surface area contributed by atoms with E-state index in [1.54, 1.807) is 0 Å². The van der Waals surface area contributed by atoms with Crippen molar-refractivity contribution >= 4 is 28.6 Å². The number of hydrogen-bond acceptors (Lipinski definition) is 3. The van der Waals surface area contributed by atoms with Gasteiger partial charge in [-0.2, -0.15) is 0 Å². The molecular formula is C7H12INO3. The number of halogens is 1. The number of carbonyl (C=O) groups is 1. The van der Waals surface area contributed by atoms with Gasteiger partial charge in [0.05, 0.1) is 10.2 Å². The van der Waals surface area contributed by atoms with Crippen LogP contribution in [0.3, 0.4) is 0 Å². The molecule has 0 aromatic rings. The molecule has 0 aliphatic rings. The first kappa shape index (κ1) is 11.9. The molecule has 0 bridgehead atoms. The molecule has 0 aromatic carbocycles. The van der Waals surface area contributed by atoms with Crippen LogP contribution in [0, 0.1) is 0 Å². The van der Waals surface area contributed by atoms with Gasteiger partial charge in [0.15, 0.2) is 0 Å². The number of nitrogens with one attached hydrogen (secondary N) is 1. The zero-order valence-electron chi connectivity index (χ0n) is 6.75. The Kier molecular flexibility index (Phi) is 5.43. The highest BCUT2D eigenvalue weighted by Gasteiger charge is 2.15. The van der Waals surface area contributed by atoms with Crippen LogP contribution >= 0.6 is 22.6 Å². The van der Waals surface area contributed by atoms with Crippen molar-refractivity contribution in [1.29, 1.82) is 0 Å². The molecule has 0 spiro atoms. The van der Waals surface area contributed by atoms with Gasteiger partial charge < -0.3 is 10.2 Å². The normalized spacial score (nSPS) is 16.2. The van der Waals surface area contributed by atoms with Crippen molar-refractivity contribution in [2.45, 2.75) is 10.5 Å². The van der Waals surface area contributed by atoms with Crippen molar-refractivity contribution < 1.29 is 15.0 Å². The number of carboxylic acid groups (broad SMARTS) is 1. The molecule has 0 aromatic heterocycles. The summed E-state index contributed by atoms with van der Waals surface area (Å²) in [4.78, 5) is 10.0. The summed E-state index contributed by atoms with van der Waals surface area (Å²) in [6.45, 7) is 2.27. The fourth-order valence-corrected chi connectivity index (χ4v) is 0.708. The predicted octanol–water partition coefficient (Wildman–Crippen LogP) is 0.360. The van der Waals surface area contributed by atoms with Crippen molar-refractivity contribution in [3.63, 3.8) is 0 Å². The molecule has 0 rings (SSSR count). The Labute approximate surface area is 84.8 Å². The summed E-state index contributed by atoms with van der Waals surface area (Å²) in [6, 6.07) is 0. The zero-order chi connectivity index (χ0) is 9.61. The fraction of sp³-hybridized carbons (Fsp3) is 0.571. The molecule has 1 atom stereocenters. The maximum atomic E-state index is 10.0. The third-order valence-corrected chi connectivity index (χ3v) is 1.87. The van der Waals surface area contributed by atoms with Crippen molar-refractivity contribution in [2.24, 2.45) is 0 Å². The van der Waals surface area contributed by atoms with Gasteiger partial charge in [-0.25, -0.2) is 4.79 Å². The van der Waals surface area contributed by atoms with Crippen LogP contribution in [0.5, 0.6) is 0 Å². The molecule has 0 heterocycles. The van der Waals surface area contributed by atoms with Crippen molar-refractivity contribution in [3.8, 4) is 0 Å². The standard InChI is InChI=1S/C7H12INO3/c1-7(8,5-10)9-4-2-3-6(11)12/h2-3,9-10H,4-5H2,1H3,(H,11,12)/b3-2+. The minimum Gasteiger partial charge on any atom is -0.478 e. The van der Waals surface area contributed by atoms with E-state index >= 15 is 0 Å². The lowest BCUT2D eigenvalue weighted by atomic mass is 10.3. The Balaban J connectivity index is 3.63. The molecule has 0 fully saturated rings. The van der Waals surface area contributed by atoms with Crippen LogP contribution in [0.1, 0.15) is 6.92 Å². The molecule has 70 valence electrons. The van der Waals surface area contributed by atoms with Crippen LogP contribution in [0.15, 0.2) is 12.2 Å². The van der Waals surface area contributed by atoms with E-state index in [2.05, 4.69) is 27.9 Å². The lowest BCUT2D eigenvalue weighted by Gasteiger charge is -2.19. The van der Waals surface area contributed by atoms with Crippen LogP contribution in [0.4, 0.5) is 0 Å². The summed E-state index contributed by atoms with van der Waals surface area (Å²) < 4.78 is -0.388. The fourth-order valence-electron chi connectivity index (χ4n) is 0.487. The second kappa shape index (κ2) is 5.50. The summed E-state index contributed by atoms with van der Waals surface area (Å²) >= 11 is 2.05. The molecule has 4 nitrogen and oxygen atoms in total. The average Bonchev–Trinajstić information content (AvgIpc) is 1.98. The van der Waals surface area contributed by atoms with E-state index in [-0.39, 0.29) is 10.2 Å². The Morgan fingerprint density at radius 3 is 2.75 bits per heavy atom. The monoisotopic (exact) mass is 285 g/mol. The Morgan fingerprint density at radius 1 is 1.75 bits per heavy atom. The number of aliphatic carboxylic acids is 1. The number of aliphatic hydroxyl groups excluding tert-OH is 1. The summed E-state index contributed by atoms with van der Waals surface area (Å²) in [5.41, 5.74) is 0. The molecular weight excluding hydrogens is 273 g/mol. The van der Waals surface area contributed by atoms with Gasteiger partial charge in [-0.3, -0.25) is 5.32 Å². The van der Waals surface area contributed by atoms with E-state index in [1.165, 1.54) is 6.08 Å². The number of carboxylic acids is 1. The van der Waals surface area contributed by atoms with E-state index in [4.69, 9.17) is 10.2 Å². The quantitative estimate of drug-likeness (QED) is 0.295. The number of aliphatic hydroxyl groups is 1. The van der Waals surface area contributed by atoms with Gasteiger partial charge in [0.25, 0.3) is 0 Å².